The summed E-state index contributed by atoms with van der Waals surface area (Å²) in [5.74, 6) is 0. The maximum atomic E-state index is 10.9. The van der Waals surface area contributed by atoms with Crippen molar-refractivity contribution < 1.29 is 5.11 Å². The molecule has 0 aromatic heterocycles. The van der Waals surface area contributed by atoms with Gasteiger partial charge in [-0.15, -0.1) is 0 Å². The second-order valence-corrected chi connectivity index (χ2v) is 15.1. The van der Waals surface area contributed by atoms with Crippen LogP contribution < -0.4 is 31.8 Å². The highest BCUT2D eigenvalue weighted by molar-refractivity contribution is 7.80. The van der Waals surface area contributed by atoms with Crippen LogP contribution in [-0.4, -0.2) is 36.7 Å². The van der Waals surface area contributed by atoms with Crippen LogP contribution in [0.2, 0.25) is 0 Å². The van der Waals surface area contributed by atoms with E-state index in [4.69, 9.17) is 0 Å². The first-order chi connectivity index (χ1) is 22.8. The lowest BCUT2D eigenvalue weighted by Gasteiger charge is -2.21. The molecule has 46 heavy (non-hydrogen) atoms. The molecule has 0 atom stereocenters. The molecule has 0 fully saturated rings. The number of benzene rings is 6. The zero-order valence-corrected chi connectivity index (χ0v) is 27.3. The van der Waals surface area contributed by atoms with Crippen LogP contribution in [0.4, 0.5) is 0 Å². The van der Waals surface area contributed by atoms with Crippen LogP contribution in [0.1, 0.15) is 11.1 Å². The predicted molar refractivity (Wildman–Crippen MR) is 201 cm³/mol. The molecule has 0 heterocycles. The van der Waals surface area contributed by atoms with Gasteiger partial charge in [0.2, 0.25) is 0 Å². The Bertz CT molecular complexity index is 1650. The summed E-state index contributed by atoms with van der Waals surface area (Å²) in [4.78, 5) is 9.37. The molecule has 6 aromatic rings. The van der Waals surface area contributed by atoms with Crippen molar-refractivity contribution in [3.8, 4) is 0 Å². The highest BCUT2D eigenvalue weighted by Gasteiger charge is 2.20. The molecule has 0 bridgehead atoms. The second-order valence-electron chi connectivity index (χ2n) is 10.8. The molecule has 0 radical (unpaired) electrons. The van der Waals surface area contributed by atoms with E-state index in [-0.39, 0.29) is 13.1 Å². The van der Waals surface area contributed by atoms with Gasteiger partial charge < -0.3 is 5.11 Å². The topological polar surface area (TPSA) is 45.0 Å². The molecular formula is C41H36N2OP2. The minimum absolute atomic E-state index is 0.280. The minimum atomic E-state index is -0.752. The van der Waals surface area contributed by atoms with E-state index in [1.54, 1.807) is 0 Å². The zero-order valence-electron chi connectivity index (χ0n) is 25.5. The summed E-state index contributed by atoms with van der Waals surface area (Å²) >= 11 is 0. The monoisotopic (exact) mass is 634 g/mol. The maximum Gasteiger partial charge on any atom is 0.0929 e. The van der Waals surface area contributed by atoms with Crippen molar-refractivity contribution >= 4 is 60.1 Å². The minimum Gasteiger partial charge on any atom is -0.389 e. The zero-order chi connectivity index (χ0) is 31.4. The molecule has 6 aromatic carbocycles. The molecule has 0 amide bonds. The summed E-state index contributed by atoms with van der Waals surface area (Å²) in [5.41, 5.74) is 2.14. The van der Waals surface area contributed by atoms with Crippen LogP contribution in [0.3, 0.4) is 0 Å². The van der Waals surface area contributed by atoms with Gasteiger partial charge in [0.15, 0.2) is 0 Å². The van der Waals surface area contributed by atoms with Crippen LogP contribution in [0.15, 0.2) is 180 Å². The Kier molecular flexibility index (Phi) is 11.1. The number of aliphatic hydroxyl groups is 1. The standard InChI is InChI=1S/C41H36N2OP2/c44-35(31-42-29-33-17-13-15-27-40(33)45(36-19-5-1-6-20-36)37-21-7-2-8-22-37)32-43-30-34-18-14-16-28-41(34)46(38-23-9-3-10-24-38)39-25-11-4-12-26-39/h1-30,35,44H,31-32H2. The van der Waals surface area contributed by atoms with Gasteiger partial charge in [0.1, 0.15) is 0 Å². The third-order valence-electron chi connectivity index (χ3n) is 7.51. The lowest BCUT2D eigenvalue weighted by atomic mass is 10.2. The Morgan fingerprint density at radius 3 is 1.02 bits per heavy atom. The van der Waals surface area contributed by atoms with E-state index in [0.29, 0.717) is 0 Å². The molecule has 0 aliphatic carbocycles. The van der Waals surface area contributed by atoms with Crippen molar-refractivity contribution in [1.82, 2.24) is 0 Å². The first-order valence-electron chi connectivity index (χ1n) is 15.4. The first-order valence-corrected chi connectivity index (χ1v) is 18.1. The van der Waals surface area contributed by atoms with E-state index < -0.39 is 21.9 Å². The lowest BCUT2D eigenvalue weighted by Crippen LogP contribution is -2.23. The molecule has 0 aliphatic rings. The highest BCUT2D eigenvalue weighted by Crippen LogP contribution is 2.34. The number of aliphatic imine (C=N–C) groups is 2. The molecule has 0 aliphatic heterocycles. The molecule has 0 spiro atoms. The summed E-state index contributed by atoms with van der Waals surface area (Å²) in [5, 5.41) is 18.5. The summed E-state index contributed by atoms with van der Waals surface area (Å²) in [7, 11) is -1.50. The van der Waals surface area contributed by atoms with Gasteiger partial charge in [-0.1, -0.05) is 170 Å². The summed E-state index contributed by atoms with van der Waals surface area (Å²) in [6.07, 6.45) is 3.14. The average Bonchev–Trinajstić information content (AvgIpc) is 3.12. The molecular weight excluding hydrogens is 598 g/mol. The molecule has 0 saturated carbocycles. The van der Waals surface area contributed by atoms with Crippen molar-refractivity contribution in [2.75, 3.05) is 13.1 Å². The van der Waals surface area contributed by atoms with Gasteiger partial charge in [-0.25, -0.2) is 0 Å². The second kappa shape index (κ2) is 16.2. The summed E-state index contributed by atoms with van der Waals surface area (Å²) in [6, 6.07) is 59.6. The summed E-state index contributed by atoms with van der Waals surface area (Å²) < 4.78 is 0. The van der Waals surface area contributed by atoms with Gasteiger partial charge in [-0.3, -0.25) is 9.98 Å². The van der Waals surface area contributed by atoms with Crippen molar-refractivity contribution in [3.05, 3.63) is 181 Å². The van der Waals surface area contributed by atoms with Crippen LogP contribution >= 0.6 is 15.8 Å². The fourth-order valence-corrected chi connectivity index (χ4v) is 10.2. The average molecular weight is 635 g/mol. The Hall–Kier alpha value is -4.52. The Morgan fingerprint density at radius 2 is 0.696 bits per heavy atom. The van der Waals surface area contributed by atoms with Crippen molar-refractivity contribution in [2.45, 2.75) is 6.10 Å². The van der Waals surface area contributed by atoms with Gasteiger partial charge in [-0.2, -0.15) is 0 Å². The van der Waals surface area contributed by atoms with E-state index in [0.717, 1.165) is 11.1 Å². The Morgan fingerprint density at radius 1 is 0.413 bits per heavy atom. The largest absolute Gasteiger partial charge is 0.389 e. The SMILES string of the molecule is OC(CN=Cc1ccccc1P(c1ccccc1)c1ccccc1)CN=Cc1ccccc1P(c1ccccc1)c1ccccc1. The van der Waals surface area contributed by atoms with E-state index >= 15 is 0 Å². The number of hydrogen-bond donors (Lipinski definition) is 1. The number of nitrogens with zero attached hydrogens (tertiary/aromatic N) is 2. The van der Waals surface area contributed by atoms with Gasteiger partial charge in [0, 0.05) is 23.6 Å². The Balaban J connectivity index is 1.17. The van der Waals surface area contributed by atoms with Gasteiger partial charge in [0.05, 0.1) is 19.2 Å². The van der Waals surface area contributed by atoms with Crippen molar-refractivity contribution in [3.63, 3.8) is 0 Å². The predicted octanol–water partition coefficient (Wildman–Crippen LogP) is 6.10. The smallest absolute Gasteiger partial charge is 0.0929 e. The molecule has 6 rings (SSSR count). The van der Waals surface area contributed by atoms with Gasteiger partial charge >= 0.3 is 0 Å². The van der Waals surface area contributed by atoms with E-state index in [2.05, 4.69) is 168 Å². The molecule has 226 valence electrons. The van der Waals surface area contributed by atoms with E-state index in [9.17, 15) is 5.11 Å². The van der Waals surface area contributed by atoms with Crippen molar-refractivity contribution in [2.24, 2.45) is 9.98 Å². The molecule has 3 nitrogen and oxygen atoms in total. The fourth-order valence-electron chi connectivity index (χ4n) is 5.37. The molecule has 1 N–H and O–H groups in total. The maximum absolute atomic E-state index is 10.9. The third-order valence-corrected chi connectivity index (χ3v) is 12.5. The van der Waals surface area contributed by atoms with E-state index in [1.807, 2.05) is 24.6 Å². The number of aliphatic hydroxyl groups excluding tert-OH is 1. The van der Waals surface area contributed by atoms with Crippen LogP contribution in [0.5, 0.6) is 0 Å². The Labute approximate surface area is 274 Å². The molecule has 0 saturated heterocycles. The molecule has 5 heteroatoms. The lowest BCUT2D eigenvalue weighted by molar-refractivity contribution is 0.193. The first kappa shape index (κ1) is 31.5. The normalized spacial score (nSPS) is 12.3. The van der Waals surface area contributed by atoms with Crippen molar-refractivity contribution in [1.29, 1.82) is 0 Å². The quantitative estimate of drug-likeness (QED) is 0.128. The van der Waals surface area contributed by atoms with Gasteiger partial charge in [0.25, 0.3) is 0 Å². The molecule has 0 unspecified atom stereocenters. The van der Waals surface area contributed by atoms with Crippen LogP contribution in [0.25, 0.3) is 0 Å². The highest BCUT2D eigenvalue weighted by atomic mass is 31.1. The van der Waals surface area contributed by atoms with Gasteiger partial charge in [-0.05, 0) is 47.7 Å². The van der Waals surface area contributed by atoms with Crippen LogP contribution in [-0.2, 0) is 0 Å². The number of rotatable bonds is 12. The number of hydrogen-bond acceptors (Lipinski definition) is 3. The van der Waals surface area contributed by atoms with E-state index in [1.165, 1.54) is 31.8 Å². The third kappa shape index (κ3) is 8.00. The van der Waals surface area contributed by atoms with Crippen LogP contribution in [0, 0.1) is 0 Å². The fraction of sp³-hybridized carbons (Fsp3) is 0.0732. The summed E-state index contributed by atoms with van der Waals surface area (Å²) in [6.45, 7) is 0.561.